The Kier molecular flexibility index (Phi) is 7.15. The van der Waals surface area contributed by atoms with Crippen LogP contribution in [0.5, 0.6) is 0 Å². The van der Waals surface area contributed by atoms with Gasteiger partial charge < -0.3 is 0 Å². The van der Waals surface area contributed by atoms with E-state index < -0.39 is 0 Å². The minimum atomic E-state index is 0.455. The summed E-state index contributed by atoms with van der Waals surface area (Å²) in [6.45, 7) is 0. The molecule has 0 radical (unpaired) electrons. The Bertz CT molecular complexity index is 2230. The van der Waals surface area contributed by atoms with Gasteiger partial charge in [-0.05, 0) is 129 Å². The summed E-state index contributed by atoms with van der Waals surface area (Å²) in [5.74, 6) is 3.81. The minimum Gasteiger partial charge on any atom is -0.0767 e. The lowest BCUT2D eigenvalue weighted by atomic mass is 9.64. The Morgan fingerprint density at radius 2 is 0.611 bits per heavy atom. The first-order chi connectivity index (χ1) is 26.7. The van der Waals surface area contributed by atoms with E-state index >= 15 is 0 Å². The van der Waals surface area contributed by atoms with Gasteiger partial charge in [-0.15, -0.1) is 0 Å². The van der Waals surface area contributed by atoms with Crippen molar-refractivity contribution < 1.29 is 0 Å². The van der Waals surface area contributed by atoms with Crippen LogP contribution in [-0.4, -0.2) is 0 Å². The highest BCUT2D eigenvalue weighted by atomic mass is 14.4. The van der Waals surface area contributed by atoms with Crippen molar-refractivity contribution in [1.29, 1.82) is 0 Å². The van der Waals surface area contributed by atoms with Crippen molar-refractivity contribution in [2.45, 2.75) is 51.4 Å². The molecule has 54 heavy (non-hydrogen) atoms. The molecule has 0 heterocycles. The van der Waals surface area contributed by atoms with Crippen LogP contribution < -0.4 is 0 Å². The van der Waals surface area contributed by atoms with Crippen molar-refractivity contribution in [1.82, 2.24) is 0 Å². The van der Waals surface area contributed by atoms with Gasteiger partial charge in [0.15, 0.2) is 0 Å². The lowest BCUT2D eigenvalue weighted by Gasteiger charge is -2.40. The minimum absolute atomic E-state index is 0.455. The molecule has 0 aliphatic heterocycles. The second-order valence-electron chi connectivity index (χ2n) is 17.5. The van der Waals surface area contributed by atoms with Gasteiger partial charge in [-0.2, -0.15) is 0 Å². The van der Waals surface area contributed by atoms with Crippen molar-refractivity contribution in [3.8, 4) is 0 Å². The van der Waals surface area contributed by atoms with Crippen molar-refractivity contribution in [3.63, 3.8) is 0 Å². The molecule has 0 saturated heterocycles. The Morgan fingerprint density at radius 3 is 1.09 bits per heavy atom. The zero-order valence-electron chi connectivity index (χ0n) is 31.1. The third kappa shape index (κ3) is 4.88. The quantitative estimate of drug-likeness (QED) is 0.270. The van der Waals surface area contributed by atoms with Crippen molar-refractivity contribution in [3.05, 3.63) is 224 Å². The average Bonchev–Trinajstić information content (AvgIpc) is 3.24. The summed E-state index contributed by atoms with van der Waals surface area (Å²) < 4.78 is 0. The van der Waals surface area contributed by atoms with Crippen LogP contribution in [0, 0.1) is 47.3 Å². The van der Waals surface area contributed by atoms with Crippen LogP contribution in [0.3, 0.4) is 0 Å². The maximum absolute atomic E-state index is 2.63. The summed E-state index contributed by atoms with van der Waals surface area (Å²) in [4.78, 5) is 0. The molecular weight excluding hydrogens is 649 g/mol. The standard InChI is InChI=1S/C54H48/c1-3-7-43-33(5-1)17-21-47-45(43)25-27-51-49(47)23-19-35-9-11-41(31-53(35)51)39-15-13-38-30-40(16-14-37(38)29-39)42-12-10-36-20-24-50-48-22-18-34-6-2-4-8-44(34)46(48)26-28-52(50)54(36)32-42/h1-8,17-34,43-44,49-52H,9-16H2. The summed E-state index contributed by atoms with van der Waals surface area (Å²) in [7, 11) is 0. The monoisotopic (exact) mass is 696 g/mol. The van der Waals surface area contributed by atoms with E-state index in [4.69, 9.17) is 0 Å². The molecular formula is C54H48. The third-order valence-electron chi connectivity index (χ3n) is 14.9. The molecule has 0 N–H and O–H groups in total. The zero-order chi connectivity index (χ0) is 35.3. The van der Waals surface area contributed by atoms with Crippen LogP contribution in [0.15, 0.2) is 224 Å². The fourth-order valence-corrected chi connectivity index (χ4v) is 12.1. The van der Waals surface area contributed by atoms with Crippen molar-refractivity contribution >= 4 is 0 Å². The summed E-state index contributed by atoms with van der Waals surface area (Å²) in [6, 6.07) is 0. The summed E-state index contributed by atoms with van der Waals surface area (Å²) >= 11 is 0. The lowest BCUT2D eigenvalue weighted by molar-refractivity contribution is 0.548. The Balaban J connectivity index is 0.792. The van der Waals surface area contributed by atoms with E-state index in [-0.39, 0.29) is 0 Å². The highest BCUT2D eigenvalue weighted by molar-refractivity contribution is 5.61. The number of allylic oxidation sites excluding steroid dienone is 38. The first-order valence-corrected chi connectivity index (χ1v) is 21.0. The maximum Gasteiger partial charge on any atom is 0.0128 e. The van der Waals surface area contributed by atoms with E-state index in [9.17, 15) is 0 Å². The van der Waals surface area contributed by atoms with Crippen molar-refractivity contribution in [2.75, 3.05) is 0 Å². The molecule has 8 atom stereocenters. The number of hydrogen-bond donors (Lipinski definition) is 0. The second-order valence-corrected chi connectivity index (χ2v) is 17.5. The van der Waals surface area contributed by atoms with Gasteiger partial charge >= 0.3 is 0 Å². The average molecular weight is 697 g/mol. The van der Waals surface area contributed by atoms with Crippen LogP contribution >= 0.6 is 0 Å². The highest BCUT2D eigenvalue weighted by Crippen LogP contribution is 2.52. The Labute approximate surface area is 321 Å². The topological polar surface area (TPSA) is 0 Å². The van der Waals surface area contributed by atoms with Gasteiger partial charge in [0.25, 0.3) is 0 Å². The predicted molar refractivity (Wildman–Crippen MR) is 224 cm³/mol. The molecule has 12 rings (SSSR count). The van der Waals surface area contributed by atoms with Gasteiger partial charge in [0.1, 0.15) is 0 Å². The van der Waals surface area contributed by atoms with E-state index in [1.807, 2.05) is 0 Å². The molecule has 0 fully saturated rings. The highest BCUT2D eigenvalue weighted by Gasteiger charge is 2.39. The van der Waals surface area contributed by atoms with Crippen LogP contribution in [-0.2, 0) is 0 Å². The molecule has 264 valence electrons. The Morgan fingerprint density at radius 1 is 0.259 bits per heavy atom. The normalized spacial score (nSPS) is 36.0. The van der Waals surface area contributed by atoms with E-state index in [1.54, 1.807) is 66.9 Å². The third-order valence-corrected chi connectivity index (χ3v) is 14.9. The zero-order valence-corrected chi connectivity index (χ0v) is 31.1. The van der Waals surface area contributed by atoms with Crippen LogP contribution in [0.25, 0.3) is 0 Å². The SMILES string of the molecule is C1=CC2C=CC3=C(C=CC4C5=C(C=CC34)CCC(C3=CC4=C(C=C(C6=CC7=C(C=CC8C9=C(C=CC78)C7C=CC=CC7C=C9)CC6)CC4)CC3)=C5)C2C=C1. The fourth-order valence-electron chi connectivity index (χ4n) is 12.1. The lowest BCUT2D eigenvalue weighted by Crippen LogP contribution is -2.28. The predicted octanol–water partition coefficient (Wildman–Crippen LogP) is 13.0. The van der Waals surface area contributed by atoms with Gasteiger partial charge in [-0.1, -0.05) is 146 Å². The van der Waals surface area contributed by atoms with E-state index in [0.29, 0.717) is 47.3 Å². The molecule has 0 spiro atoms. The van der Waals surface area contributed by atoms with Gasteiger partial charge in [0.2, 0.25) is 0 Å². The molecule has 12 aliphatic carbocycles. The number of hydrogen-bond acceptors (Lipinski definition) is 0. The van der Waals surface area contributed by atoms with Crippen LogP contribution in [0.2, 0.25) is 0 Å². The molecule has 0 heteroatoms. The summed E-state index contributed by atoms with van der Waals surface area (Å²) in [5.41, 5.74) is 22.1. The number of rotatable bonds is 2. The van der Waals surface area contributed by atoms with Gasteiger partial charge in [-0.3, -0.25) is 0 Å². The summed E-state index contributed by atoms with van der Waals surface area (Å²) in [6.07, 6.45) is 68.1. The molecule has 0 bridgehead atoms. The fraction of sp³-hybridized carbons (Fsp3) is 0.296. The molecule has 0 nitrogen and oxygen atoms in total. The van der Waals surface area contributed by atoms with Gasteiger partial charge in [0.05, 0.1) is 0 Å². The molecule has 12 aliphatic rings. The van der Waals surface area contributed by atoms with Gasteiger partial charge in [-0.25, -0.2) is 0 Å². The first-order valence-electron chi connectivity index (χ1n) is 21.0. The van der Waals surface area contributed by atoms with E-state index in [2.05, 4.69) is 146 Å². The molecule has 0 amide bonds. The smallest absolute Gasteiger partial charge is 0.0128 e. The molecule has 8 unspecified atom stereocenters. The second kappa shape index (κ2) is 12.3. The van der Waals surface area contributed by atoms with Crippen LogP contribution in [0.1, 0.15) is 51.4 Å². The summed E-state index contributed by atoms with van der Waals surface area (Å²) in [5, 5.41) is 0. The van der Waals surface area contributed by atoms with E-state index in [1.165, 1.54) is 62.5 Å². The molecule has 0 aromatic heterocycles. The molecule has 0 aromatic rings. The van der Waals surface area contributed by atoms with E-state index in [0.717, 1.165) is 0 Å². The van der Waals surface area contributed by atoms with Crippen molar-refractivity contribution in [2.24, 2.45) is 47.3 Å². The van der Waals surface area contributed by atoms with Crippen LogP contribution in [0.4, 0.5) is 0 Å². The Hall–Kier alpha value is -4.94. The largest absolute Gasteiger partial charge is 0.0767 e. The number of fused-ring (bicyclic) bond motifs is 10. The first kappa shape index (κ1) is 31.4. The molecule has 0 aromatic carbocycles. The molecule has 0 saturated carbocycles. The van der Waals surface area contributed by atoms with Gasteiger partial charge in [0, 0.05) is 47.3 Å². The maximum atomic E-state index is 2.63.